The molecule has 0 aromatic heterocycles. The zero-order valence-corrected chi connectivity index (χ0v) is 6.57. The van der Waals surface area contributed by atoms with Crippen LogP contribution in [0.2, 0.25) is 0 Å². The molecule has 0 aliphatic carbocycles. The van der Waals surface area contributed by atoms with E-state index in [1.807, 2.05) is 13.0 Å². The normalized spacial score (nSPS) is 31.4. The van der Waals surface area contributed by atoms with Crippen molar-refractivity contribution in [1.29, 1.82) is 0 Å². The molecule has 0 saturated carbocycles. The number of nitrogens with one attached hydrogen (secondary N) is 1. The summed E-state index contributed by atoms with van der Waals surface area (Å²) in [5, 5.41) is 11.5. The fourth-order valence-electron chi connectivity index (χ4n) is 1.46. The van der Waals surface area contributed by atoms with Crippen LogP contribution in [0, 0.1) is 0 Å². The Hall–Kier alpha value is -1.45. The molecule has 2 aliphatic heterocycles. The van der Waals surface area contributed by atoms with Crippen molar-refractivity contribution in [3.05, 3.63) is 23.6 Å². The van der Waals surface area contributed by atoms with Gasteiger partial charge in [-0.05, 0) is 19.1 Å². The third-order valence-electron chi connectivity index (χ3n) is 1.97. The van der Waals surface area contributed by atoms with Gasteiger partial charge in [-0.25, -0.2) is 4.79 Å². The minimum atomic E-state index is -0.931. The highest BCUT2D eigenvalue weighted by Crippen LogP contribution is 2.24. The van der Waals surface area contributed by atoms with Crippen molar-refractivity contribution in [2.24, 2.45) is 0 Å². The molecule has 0 unspecified atom stereocenters. The van der Waals surface area contributed by atoms with Crippen LogP contribution in [0.3, 0.4) is 0 Å². The lowest BCUT2D eigenvalue weighted by Crippen LogP contribution is -2.28. The minimum Gasteiger partial charge on any atom is -0.489 e. The van der Waals surface area contributed by atoms with Crippen molar-refractivity contribution in [3.8, 4) is 0 Å². The first-order valence-electron chi connectivity index (χ1n) is 3.73. The molecule has 0 aromatic carbocycles. The van der Waals surface area contributed by atoms with E-state index in [1.165, 1.54) is 0 Å². The van der Waals surface area contributed by atoms with E-state index in [1.54, 1.807) is 6.08 Å². The highest BCUT2D eigenvalue weighted by atomic mass is 16.5. The molecule has 0 fully saturated rings. The van der Waals surface area contributed by atoms with Crippen molar-refractivity contribution in [1.82, 2.24) is 5.32 Å². The Bertz CT molecular complexity index is 293. The summed E-state index contributed by atoms with van der Waals surface area (Å²) in [5.74, 6) is -0.0859. The number of carboxylic acids is 1. The second-order valence-corrected chi connectivity index (χ2v) is 2.92. The summed E-state index contributed by atoms with van der Waals surface area (Å²) in [6.07, 6.45) is 3.35. The Morgan fingerprint density at radius 3 is 3.00 bits per heavy atom. The van der Waals surface area contributed by atoms with E-state index in [0.29, 0.717) is 0 Å². The van der Waals surface area contributed by atoms with Gasteiger partial charge in [0.25, 0.3) is 0 Å². The first kappa shape index (κ1) is 7.21. The van der Waals surface area contributed by atoms with Gasteiger partial charge < -0.3 is 15.2 Å². The molecule has 0 spiro atoms. The van der Waals surface area contributed by atoms with Gasteiger partial charge in [0.1, 0.15) is 11.8 Å². The lowest BCUT2D eigenvalue weighted by molar-refractivity contribution is -0.133. The summed E-state index contributed by atoms with van der Waals surface area (Å²) >= 11 is 0. The van der Waals surface area contributed by atoms with Gasteiger partial charge >= 0.3 is 5.97 Å². The topological polar surface area (TPSA) is 58.6 Å². The summed E-state index contributed by atoms with van der Waals surface area (Å²) in [7, 11) is 0. The molecule has 0 saturated heterocycles. The largest absolute Gasteiger partial charge is 0.489 e. The van der Waals surface area contributed by atoms with Gasteiger partial charge in [0, 0.05) is 0 Å². The van der Waals surface area contributed by atoms with E-state index in [-0.39, 0.29) is 17.8 Å². The lowest BCUT2D eigenvalue weighted by atomic mass is 10.2. The molecule has 0 amide bonds. The van der Waals surface area contributed by atoms with Crippen LogP contribution in [0.1, 0.15) is 6.92 Å². The number of carboxylic acid groups (broad SMARTS) is 1. The van der Waals surface area contributed by atoms with Crippen LogP contribution in [0.5, 0.6) is 0 Å². The van der Waals surface area contributed by atoms with E-state index in [9.17, 15) is 4.79 Å². The van der Waals surface area contributed by atoms with Gasteiger partial charge in [-0.15, -0.1) is 0 Å². The average molecular weight is 167 g/mol. The van der Waals surface area contributed by atoms with Crippen LogP contribution in [0.15, 0.2) is 23.6 Å². The highest BCUT2D eigenvalue weighted by Gasteiger charge is 2.33. The summed E-state index contributed by atoms with van der Waals surface area (Å²) in [6.45, 7) is 1.86. The third kappa shape index (κ3) is 0.958. The van der Waals surface area contributed by atoms with Crippen molar-refractivity contribution in [2.45, 2.75) is 19.1 Å². The van der Waals surface area contributed by atoms with Gasteiger partial charge in [-0.2, -0.15) is 0 Å². The molecule has 2 atom stereocenters. The number of fused-ring (bicyclic) bond motifs is 1. The number of carbonyl (C=O) groups is 1. The number of hydrogen-bond acceptors (Lipinski definition) is 3. The molecule has 0 bridgehead atoms. The molecule has 2 aliphatic rings. The van der Waals surface area contributed by atoms with E-state index in [2.05, 4.69) is 5.32 Å². The van der Waals surface area contributed by atoms with E-state index in [0.717, 1.165) is 5.76 Å². The van der Waals surface area contributed by atoms with Gasteiger partial charge in [0.15, 0.2) is 0 Å². The van der Waals surface area contributed by atoms with E-state index in [4.69, 9.17) is 9.84 Å². The van der Waals surface area contributed by atoms with Gasteiger partial charge in [-0.3, -0.25) is 0 Å². The summed E-state index contributed by atoms with van der Waals surface area (Å²) in [6, 6.07) is 0.0103. The molecular weight excluding hydrogens is 158 g/mol. The van der Waals surface area contributed by atoms with Crippen LogP contribution in [-0.4, -0.2) is 23.2 Å². The molecular formula is C8H9NO3. The summed E-state index contributed by atoms with van der Waals surface area (Å²) in [5.41, 5.74) is 0.230. The number of rotatable bonds is 1. The maximum absolute atomic E-state index is 10.5. The summed E-state index contributed by atoms with van der Waals surface area (Å²) < 4.78 is 5.32. The Kier molecular flexibility index (Phi) is 1.36. The van der Waals surface area contributed by atoms with Gasteiger partial charge in [0.05, 0.1) is 11.8 Å². The standard InChI is InChI=1S/C8H9NO3/c1-4-2-5-7(12-4)3-6(9-5)8(10)11/h2-3,5,7,9H,1H3,(H,10,11)/t5-,7+/m0/s1. The monoisotopic (exact) mass is 167 g/mol. The average Bonchev–Trinajstić information content (AvgIpc) is 2.42. The Morgan fingerprint density at radius 2 is 2.42 bits per heavy atom. The zero-order chi connectivity index (χ0) is 8.72. The van der Waals surface area contributed by atoms with E-state index >= 15 is 0 Å². The SMILES string of the molecule is CC1=C[C@@H]2NC(C(=O)O)=C[C@H]2O1. The lowest BCUT2D eigenvalue weighted by Gasteiger charge is -2.07. The maximum Gasteiger partial charge on any atom is 0.351 e. The predicted octanol–water partition coefficient (Wildman–Crippen LogP) is 0.229. The number of allylic oxidation sites excluding steroid dienone is 1. The smallest absolute Gasteiger partial charge is 0.351 e. The molecule has 4 nitrogen and oxygen atoms in total. The van der Waals surface area contributed by atoms with Crippen LogP contribution >= 0.6 is 0 Å². The molecule has 2 N–H and O–H groups in total. The molecule has 12 heavy (non-hydrogen) atoms. The number of hydrogen-bond donors (Lipinski definition) is 2. The second kappa shape index (κ2) is 2.27. The molecule has 64 valence electrons. The predicted molar refractivity (Wildman–Crippen MR) is 41.3 cm³/mol. The Labute approximate surface area is 69.5 Å². The molecule has 2 heterocycles. The fraction of sp³-hybridized carbons (Fsp3) is 0.375. The first-order valence-corrected chi connectivity index (χ1v) is 3.73. The van der Waals surface area contributed by atoms with Crippen LogP contribution < -0.4 is 5.32 Å². The minimum absolute atomic E-state index is 0.0103. The van der Waals surface area contributed by atoms with Crippen molar-refractivity contribution in [3.63, 3.8) is 0 Å². The number of aliphatic carboxylic acids is 1. The third-order valence-corrected chi connectivity index (χ3v) is 1.97. The maximum atomic E-state index is 10.5. The Morgan fingerprint density at radius 1 is 1.67 bits per heavy atom. The zero-order valence-electron chi connectivity index (χ0n) is 6.57. The molecule has 0 radical (unpaired) electrons. The summed E-state index contributed by atoms with van der Waals surface area (Å²) in [4.78, 5) is 10.5. The molecule has 0 aromatic rings. The molecule has 4 heteroatoms. The van der Waals surface area contributed by atoms with Crippen LogP contribution in [0.4, 0.5) is 0 Å². The fourth-order valence-corrected chi connectivity index (χ4v) is 1.46. The van der Waals surface area contributed by atoms with Gasteiger partial charge in [-0.1, -0.05) is 0 Å². The van der Waals surface area contributed by atoms with Crippen LogP contribution in [0.25, 0.3) is 0 Å². The van der Waals surface area contributed by atoms with Gasteiger partial charge in [0.2, 0.25) is 0 Å². The highest BCUT2D eigenvalue weighted by molar-refractivity contribution is 5.87. The van der Waals surface area contributed by atoms with Crippen molar-refractivity contribution >= 4 is 5.97 Å². The molecule has 2 rings (SSSR count). The first-order chi connectivity index (χ1) is 5.66. The Balaban J connectivity index is 2.14. The van der Waals surface area contributed by atoms with E-state index < -0.39 is 5.97 Å². The number of ether oxygens (including phenoxy) is 1. The van der Waals surface area contributed by atoms with Crippen molar-refractivity contribution in [2.75, 3.05) is 0 Å². The van der Waals surface area contributed by atoms with Crippen LogP contribution in [-0.2, 0) is 9.53 Å². The second-order valence-electron chi connectivity index (χ2n) is 2.92. The van der Waals surface area contributed by atoms with Crippen molar-refractivity contribution < 1.29 is 14.6 Å². The quantitative estimate of drug-likeness (QED) is 0.587.